The summed E-state index contributed by atoms with van der Waals surface area (Å²) in [4.78, 5) is 0. The van der Waals surface area contributed by atoms with Gasteiger partial charge in [-0.2, -0.15) is 5.26 Å². The van der Waals surface area contributed by atoms with Crippen LogP contribution in [-0.4, -0.2) is 6.04 Å². The highest BCUT2D eigenvalue weighted by atomic mass is 35.5. The maximum atomic E-state index is 9.23. The van der Waals surface area contributed by atoms with Gasteiger partial charge in [0, 0.05) is 11.1 Å². The molecule has 1 saturated carbocycles. The zero-order valence-corrected chi connectivity index (χ0v) is 11.6. The molecule has 1 fully saturated rings. The smallest absolute Gasteiger partial charge is 0.0677 e. The molecule has 0 aliphatic heterocycles. The first kappa shape index (κ1) is 13.5. The summed E-state index contributed by atoms with van der Waals surface area (Å²) in [6.45, 7) is 0. The first-order chi connectivity index (χ1) is 8.70. The molecule has 1 aromatic rings. The average molecular weight is 283 g/mol. The molecule has 18 heavy (non-hydrogen) atoms. The molecule has 96 valence electrons. The van der Waals surface area contributed by atoms with Crippen LogP contribution in [0.15, 0.2) is 18.2 Å². The van der Waals surface area contributed by atoms with Crippen molar-refractivity contribution in [2.45, 2.75) is 38.1 Å². The number of nitriles is 1. The summed E-state index contributed by atoms with van der Waals surface area (Å²) in [5, 5.41) is 13.9. The predicted octanol–water partition coefficient (Wildman–Crippen LogP) is 4.88. The van der Waals surface area contributed by atoms with Gasteiger partial charge >= 0.3 is 0 Å². The summed E-state index contributed by atoms with van der Waals surface area (Å²) in [6.07, 6.45) is 5.52. The van der Waals surface area contributed by atoms with Crippen LogP contribution < -0.4 is 5.32 Å². The molecule has 4 heteroatoms. The number of rotatable bonds is 2. The second-order valence-corrected chi connectivity index (χ2v) is 5.59. The van der Waals surface area contributed by atoms with Crippen molar-refractivity contribution in [1.82, 2.24) is 0 Å². The molecule has 2 rings (SSSR count). The molecule has 1 aliphatic rings. The Balaban J connectivity index is 2.13. The summed E-state index contributed by atoms with van der Waals surface area (Å²) >= 11 is 12.0. The molecule has 0 spiro atoms. The largest absolute Gasteiger partial charge is 0.380 e. The molecule has 2 nitrogen and oxygen atoms in total. The monoisotopic (exact) mass is 282 g/mol. The van der Waals surface area contributed by atoms with Crippen molar-refractivity contribution in [1.29, 1.82) is 5.26 Å². The van der Waals surface area contributed by atoms with E-state index in [0.717, 1.165) is 24.9 Å². The second kappa shape index (κ2) is 6.31. The Morgan fingerprint density at radius 2 is 1.94 bits per heavy atom. The van der Waals surface area contributed by atoms with Crippen molar-refractivity contribution in [2.75, 3.05) is 5.32 Å². The van der Waals surface area contributed by atoms with E-state index in [4.69, 9.17) is 23.2 Å². The molecule has 1 aromatic carbocycles. The third-order valence-electron chi connectivity index (χ3n) is 3.45. The lowest BCUT2D eigenvalue weighted by molar-refractivity contribution is 0.514. The van der Waals surface area contributed by atoms with Gasteiger partial charge in [-0.25, -0.2) is 0 Å². The van der Waals surface area contributed by atoms with Crippen molar-refractivity contribution >= 4 is 28.9 Å². The normalized spacial score (nSPS) is 24.1. The number of nitrogens with one attached hydrogen (secondary N) is 1. The Hall–Kier alpha value is -0.910. The third kappa shape index (κ3) is 3.31. The number of nitrogens with zero attached hydrogens (tertiary/aromatic N) is 1. The summed E-state index contributed by atoms with van der Waals surface area (Å²) in [5.41, 5.74) is 0.869. The molecule has 0 aromatic heterocycles. The Morgan fingerprint density at radius 3 is 2.67 bits per heavy atom. The molecule has 0 heterocycles. The Kier molecular flexibility index (Phi) is 4.74. The number of halogens is 2. The number of anilines is 1. The van der Waals surface area contributed by atoms with Crippen molar-refractivity contribution in [3.05, 3.63) is 28.2 Å². The van der Waals surface area contributed by atoms with Crippen molar-refractivity contribution in [3.63, 3.8) is 0 Å². The van der Waals surface area contributed by atoms with E-state index < -0.39 is 0 Å². The number of hydrogen-bond acceptors (Lipinski definition) is 2. The van der Waals surface area contributed by atoms with Crippen LogP contribution in [0.3, 0.4) is 0 Å². The standard InChI is InChI=1S/C14H16Cl2N2/c15-11-6-7-14(12(16)8-11)18-13-5-3-1-2-4-10(13)9-17/h6-8,10,13,18H,1-5H2. The fourth-order valence-electron chi connectivity index (χ4n) is 2.44. The van der Waals surface area contributed by atoms with Crippen molar-refractivity contribution < 1.29 is 0 Å². The van der Waals surface area contributed by atoms with Crippen molar-refractivity contribution in [3.8, 4) is 6.07 Å². The van der Waals surface area contributed by atoms with Gasteiger partial charge in [0.2, 0.25) is 0 Å². The lowest BCUT2D eigenvalue weighted by atomic mass is 9.96. The van der Waals surface area contributed by atoms with Gasteiger partial charge in [0.05, 0.1) is 22.7 Å². The van der Waals surface area contributed by atoms with Crippen LogP contribution in [0.2, 0.25) is 10.0 Å². The Labute approximate surface area is 118 Å². The first-order valence-corrected chi connectivity index (χ1v) is 7.07. The Morgan fingerprint density at radius 1 is 1.17 bits per heavy atom. The maximum absolute atomic E-state index is 9.23. The van der Waals surface area contributed by atoms with Crippen LogP contribution in [0, 0.1) is 17.2 Å². The molecule has 1 N–H and O–H groups in total. The van der Waals surface area contributed by atoms with Crippen LogP contribution in [0.25, 0.3) is 0 Å². The molecular weight excluding hydrogens is 267 g/mol. The van der Waals surface area contributed by atoms with E-state index in [1.54, 1.807) is 6.07 Å². The molecule has 0 radical (unpaired) electrons. The Bertz CT molecular complexity index is 454. The maximum Gasteiger partial charge on any atom is 0.0677 e. The summed E-state index contributed by atoms with van der Waals surface area (Å²) in [7, 11) is 0. The predicted molar refractivity (Wildman–Crippen MR) is 76.1 cm³/mol. The van der Waals surface area contributed by atoms with Crippen molar-refractivity contribution in [2.24, 2.45) is 5.92 Å². The highest BCUT2D eigenvalue weighted by Crippen LogP contribution is 2.30. The molecule has 0 saturated heterocycles. The average Bonchev–Trinajstić information content (AvgIpc) is 2.57. The minimum Gasteiger partial charge on any atom is -0.380 e. The van der Waals surface area contributed by atoms with E-state index >= 15 is 0 Å². The zero-order valence-electron chi connectivity index (χ0n) is 10.1. The highest BCUT2D eigenvalue weighted by Gasteiger charge is 2.23. The molecule has 0 bridgehead atoms. The van der Waals surface area contributed by atoms with Crippen LogP contribution in [0.4, 0.5) is 5.69 Å². The summed E-state index contributed by atoms with van der Waals surface area (Å²) in [6, 6.07) is 8.02. The zero-order chi connectivity index (χ0) is 13.0. The third-order valence-corrected chi connectivity index (χ3v) is 4.00. The van der Waals surface area contributed by atoms with Crippen LogP contribution in [-0.2, 0) is 0 Å². The lowest BCUT2D eigenvalue weighted by Gasteiger charge is -2.22. The quantitative estimate of drug-likeness (QED) is 0.785. The SMILES string of the molecule is N#CC1CCCCCC1Nc1ccc(Cl)cc1Cl. The van der Waals surface area contributed by atoms with Crippen LogP contribution in [0.1, 0.15) is 32.1 Å². The van der Waals surface area contributed by atoms with E-state index in [0.29, 0.717) is 10.0 Å². The van der Waals surface area contributed by atoms with Gasteiger partial charge in [-0.1, -0.05) is 42.5 Å². The topological polar surface area (TPSA) is 35.8 Å². The van der Waals surface area contributed by atoms with Gasteiger partial charge in [-0.3, -0.25) is 0 Å². The fourth-order valence-corrected chi connectivity index (χ4v) is 2.90. The number of benzene rings is 1. The van der Waals surface area contributed by atoms with Gasteiger partial charge in [-0.05, 0) is 31.0 Å². The minimum absolute atomic E-state index is 0.0687. The molecule has 2 atom stereocenters. The summed E-state index contributed by atoms with van der Waals surface area (Å²) in [5.74, 6) is 0.0687. The molecule has 0 amide bonds. The molecular formula is C14H16Cl2N2. The second-order valence-electron chi connectivity index (χ2n) is 4.75. The molecule has 1 aliphatic carbocycles. The van der Waals surface area contributed by atoms with E-state index in [1.807, 2.05) is 12.1 Å². The fraction of sp³-hybridized carbons (Fsp3) is 0.500. The minimum atomic E-state index is 0.0687. The van der Waals surface area contributed by atoms with Gasteiger partial charge < -0.3 is 5.32 Å². The first-order valence-electron chi connectivity index (χ1n) is 6.32. The van der Waals surface area contributed by atoms with Gasteiger partial charge in [-0.15, -0.1) is 0 Å². The van der Waals surface area contributed by atoms with E-state index in [1.165, 1.54) is 12.8 Å². The summed E-state index contributed by atoms with van der Waals surface area (Å²) < 4.78 is 0. The highest BCUT2D eigenvalue weighted by molar-refractivity contribution is 6.36. The van der Waals surface area contributed by atoms with Gasteiger partial charge in [0.25, 0.3) is 0 Å². The number of hydrogen-bond donors (Lipinski definition) is 1. The van der Waals surface area contributed by atoms with E-state index in [2.05, 4.69) is 11.4 Å². The van der Waals surface area contributed by atoms with Crippen LogP contribution >= 0.6 is 23.2 Å². The van der Waals surface area contributed by atoms with Crippen LogP contribution in [0.5, 0.6) is 0 Å². The van der Waals surface area contributed by atoms with E-state index in [-0.39, 0.29) is 12.0 Å². The lowest BCUT2D eigenvalue weighted by Crippen LogP contribution is -2.27. The van der Waals surface area contributed by atoms with Gasteiger partial charge in [0.15, 0.2) is 0 Å². The molecule has 2 unspecified atom stereocenters. The van der Waals surface area contributed by atoms with E-state index in [9.17, 15) is 5.26 Å². The van der Waals surface area contributed by atoms with Gasteiger partial charge in [0.1, 0.15) is 0 Å².